The van der Waals surface area contributed by atoms with Gasteiger partial charge in [0.05, 0.1) is 5.71 Å². The van der Waals surface area contributed by atoms with Crippen LogP contribution in [0.15, 0.2) is 53.7 Å². The van der Waals surface area contributed by atoms with Crippen molar-refractivity contribution in [1.82, 2.24) is 0 Å². The minimum Gasteiger partial charge on any atom is -0.508 e. The van der Waals surface area contributed by atoms with Crippen LogP contribution in [-0.2, 0) is 6.61 Å². The quantitative estimate of drug-likeness (QED) is 0.496. The monoisotopic (exact) mass is 271 g/mol. The highest BCUT2D eigenvalue weighted by molar-refractivity contribution is 6.02. The van der Waals surface area contributed by atoms with Crippen molar-refractivity contribution >= 4 is 5.71 Å². The molecule has 0 unspecified atom stereocenters. The molecule has 2 N–H and O–H groups in total. The molecule has 0 aliphatic rings. The largest absolute Gasteiger partial charge is 0.508 e. The van der Waals surface area contributed by atoms with Crippen LogP contribution in [0, 0.1) is 0 Å². The van der Waals surface area contributed by atoms with Crippen LogP contribution < -0.4 is 4.74 Å². The van der Waals surface area contributed by atoms with E-state index >= 15 is 0 Å². The fourth-order valence-corrected chi connectivity index (χ4v) is 1.95. The molecule has 0 saturated carbocycles. The van der Waals surface area contributed by atoms with Crippen LogP contribution >= 0.6 is 0 Å². The third-order valence-corrected chi connectivity index (χ3v) is 2.96. The number of oxime groups is 1. The Morgan fingerprint density at radius 3 is 2.65 bits per heavy atom. The summed E-state index contributed by atoms with van der Waals surface area (Å²) in [6, 6.07) is 14.4. The fraction of sp³-hybridized carbons (Fsp3) is 0.188. The van der Waals surface area contributed by atoms with Crippen molar-refractivity contribution < 1.29 is 15.1 Å². The molecule has 2 aromatic rings. The fourth-order valence-electron chi connectivity index (χ4n) is 1.95. The van der Waals surface area contributed by atoms with E-state index in [0.29, 0.717) is 24.5 Å². The first-order valence-electron chi connectivity index (χ1n) is 6.45. The van der Waals surface area contributed by atoms with Gasteiger partial charge in [0.2, 0.25) is 0 Å². The lowest BCUT2D eigenvalue weighted by atomic mass is 10.1. The Bertz CT molecular complexity index is 608. The first-order chi connectivity index (χ1) is 9.74. The molecule has 0 fully saturated rings. The van der Waals surface area contributed by atoms with E-state index in [1.807, 2.05) is 37.3 Å². The van der Waals surface area contributed by atoms with E-state index in [1.165, 1.54) is 0 Å². The SMILES string of the molecule is CC/C(=N/O)c1ccccc1OCc1cccc(O)c1. The van der Waals surface area contributed by atoms with Gasteiger partial charge in [-0.1, -0.05) is 36.3 Å². The van der Waals surface area contributed by atoms with Gasteiger partial charge >= 0.3 is 0 Å². The summed E-state index contributed by atoms with van der Waals surface area (Å²) in [5.74, 6) is 0.871. The van der Waals surface area contributed by atoms with Crippen LogP contribution in [0.5, 0.6) is 11.5 Å². The highest BCUT2D eigenvalue weighted by Gasteiger charge is 2.09. The van der Waals surface area contributed by atoms with E-state index in [1.54, 1.807) is 18.2 Å². The Kier molecular flexibility index (Phi) is 4.60. The molecule has 0 aliphatic heterocycles. The second-order valence-corrected chi connectivity index (χ2v) is 4.35. The Morgan fingerprint density at radius 2 is 1.95 bits per heavy atom. The summed E-state index contributed by atoms with van der Waals surface area (Å²) >= 11 is 0. The molecule has 0 aromatic heterocycles. The van der Waals surface area contributed by atoms with Gasteiger partial charge in [0, 0.05) is 5.56 Å². The predicted octanol–water partition coefficient (Wildman–Crippen LogP) is 3.56. The topological polar surface area (TPSA) is 62.1 Å². The van der Waals surface area contributed by atoms with Gasteiger partial charge in [-0.15, -0.1) is 0 Å². The van der Waals surface area contributed by atoms with E-state index in [2.05, 4.69) is 5.16 Å². The minimum absolute atomic E-state index is 0.213. The summed E-state index contributed by atoms with van der Waals surface area (Å²) in [6.45, 7) is 2.26. The third kappa shape index (κ3) is 3.29. The van der Waals surface area contributed by atoms with Gasteiger partial charge in [0.1, 0.15) is 18.1 Å². The average molecular weight is 271 g/mol. The van der Waals surface area contributed by atoms with Crippen molar-refractivity contribution in [2.75, 3.05) is 0 Å². The maximum absolute atomic E-state index is 9.42. The van der Waals surface area contributed by atoms with E-state index in [4.69, 9.17) is 9.94 Å². The lowest BCUT2D eigenvalue weighted by Crippen LogP contribution is -2.04. The lowest BCUT2D eigenvalue weighted by Gasteiger charge is -2.11. The van der Waals surface area contributed by atoms with Gasteiger partial charge in [-0.05, 0) is 36.2 Å². The second-order valence-electron chi connectivity index (χ2n) is 4.35. The lowest BCUT2D eigenvalue weighted by molar-refractivity contribution is 0.302. The third-order valence-electron chi connectivity index (χ3n) is 2.96. The number of para-hydroxylation sites is 1. The van der Waals surface area contributed by atoms with Crippen LogP contribution in [-0.4, -0.2) is 16.0 Å². The zero-order valence-electron chi connectivity index (χ0n) is 11.3. The Morgan fingerprint density at radius 1 is 1.15 bits per heavy atom. The Balaban J connectivity index is 2.18. The summed E-state index contributed by atoms with van der Waals surface area (Å²) in [6.07, 6.45) is 0.614. The Hall–Kier alpha value is -2.49. The Labute approximate surface area is 117 Å². The van der Waals surface area contributed by atoms with Crippen molar-refractivity contribution in [1.29, 1.82) is 0 Å². The number of benzene rings is 2. The predicted molar refractivity (Wildman–Crippen MR) is 77.5 cm³/mol. The van der Waals surface area contributed by atoms with Crippen LogP contribution in [0.3, 0.4) is 0 Å². The summed E-state index contributed by atoms with van der Waals surface area (Å²) in [4.78, 5) is 0. The van der Waals surface area contributed by atoms with Crippen LogP contribution in [0.1, 0.15) is 24.5 Å². The number of rotatable bonds is 5. The molecule has 0 amide bonds. The van der Waals surface area contributed by atoms with E-state index in [9.17, 15) is 5.11 Å². The molecule has 0 radical (unpaired) electrons. The van der Waals surface area contributed by atoms with E-state index < -0.39 is 0 Å². The van der Waals surface area contributed by atoms with Crippen LogP contribution in [0.2, 0.25) is 0 Å². The van der Waals surface area contributed by atoms with Crippen molar-refractivity contribution in [2.45, 2.75) is 20.0 Å². The van der Waals surface area contributed by atoms with E-state index in [-0.39, 0.29) is 5.75 Å². The van der Waals surface area contributed by atoms with Crippen LogP contribution in [0.4, 0.5) is 0 Å². The number of phenolic OH excluding ortho intramolecular Hbond substituents is 1. The van der Waals surface area contributed by atoms with Gasteiger partial charge in [0.25, 0.3) is 0 Å². The smallest absolute Gasteiger partial charge is 0.128 e. The molecule has 2 aromatic carbocycles. The number of nitrogens with zero attached hydrogens (tertiary/aromatic N) is 1. The molecular weight excluding hydrogens is 254 g/mol. The molecule has 4 heteroatoms. The van der Waals surface area contributed by atoms with Gasteiger partial charge in [0.15, 0.2) is 0 Å². The number of hydrogen-bond acceptors (Lipinski definition) is 4. The molecule has 0 spiro atoms. The zero-order valence-corrected chi connectivity index (χ0v) is 11.3. The molecule has 0 heterocycles. The molecule has 0 bridgehead atoms. The molecule has 104 valence electrons. The molecule has 2 rings (SSSR count). The average Bonchev–Trinajstić information content (AvgIpc) is 2.48. The number of aromatic hydroxyl groups is 1. The molecular formula is C16H17NO3. The molecule has 0 saturated heterocycles. The molecule has 0 atom stereocenters. The van der Waals surface area contributed by atoms with Crippen molar-refractivity contribution in [3.05, 3.63) is 59.7 Å². The highest BCUT2D eigenvalue weighted by Crippen LogP contribution is 2.22. The summed E-state index contributed by atoms with van der Waals surface area (Å²) in [5.41, 5.74) is 2.23. The summed E-state index contributed by atoms with van der Waals surface area (Å²) < 4.78 is 5.76. The number of phenols is 1. The van der Waals surface area contributed by atoms with Gasteiger partial charge in [-0.25, -0.2) is 0 Å². The van der Waals surface area contributed by atoms with Gasteiger partial charge in [-0.3, -0.25) is 0 Å². The summed E-state index contributed by atoms with van der Waals surface area (Å²) in [7, 11) is 0. The highest BCUT2D eigenvalue weighted by atomic mass is 16.5. The maximum Gasteiger partial charge on any atom is 0.128 e. The summed E-state index contributed by atoms with van der Waals surface area (Å²) in [5, 5.41) is 21.7. The normalized spacial score (nSPS) is 11.3. The standard InChI is InChI=1S/C16H17NO3/c1-2-15(17-19)14-8-3-4-9-16(14)20-11-12-6-5-7-13(18)10-12/h3-10,18-19H,2,11H2,1H3/b17-15-. The molecule has 0 aliphatic carbocycles. The zero-order chi connectivity index (χ0) is 14.4. The minimum atomic E-state index is 0.213. The molecule has 4 nitrogen and oxygen atoms in total. The van der Waals surface area contributed by atoms with Crippen molar-refractivity contribution in [2.24, 2.45) is 5.16 Å². The number of hydrogen-bond donors (Lipinski definition) is 2. The molecule has 20 heavy (non-hydrogen) atoms. The number of ether oxygens (including phenoxy) is 1. The van der Waals surface area contributed by atoms with Gasteiger partial charge < -0.3 is 15.1 Å². The van der Waals surface area contributed by atoms with E-state index in [0.717, 1.165) is 11.1 Å². The van der Waals surface area contributed by atoms with Crippen molar-refractivity contribution in [3.8, 4) is 11.5 Å². The maximum atomic E-state index is 9.42. The first-order valence-corrected chi connectivity index (χ1v) is 6.45. The first kappa shape index (κ1) is 13.9. The van der Waals surface area contributed by atoms with Gasteiger partial charge in [-0.2, -0.15) is 0 Å². The second kappa shape index (κ2) is 6.61. The van der Waals surface area contributed by atoms with Crippen LogP contribution in [0.25, 0.3) is 0 Å². The van der Waals surface area contributed by atoms with Crippen molar-refractivity contribution in [3.63, 3.8) is 0 Å².